The highest BCUT2D eigenvalue weighted by atomic mass is 32.1. The molecule has 0 bridgehead atoms. The van der Waals surface area contributed by atoms with Crippen LogP contribution in [-0.2, 0) is 14.3 Å². The van der Waals surface area contributed by atoms with Crippen LogP contribution in [0.2, 0.25) is 0 Å². The Balaban J connectivity index is 1.50. The Morgan fingerprint density at radius 1 is 1.55 bits per heavy atom. The molecule has 2 aliphatic rings. The maximum Gasteiger partial charge on any atom is 0.246 e. The van der Waals surface area contributed by atoms with E-state index in [2.05, 4.69) is 0 Å². The highest BCUT2D eigenvalue weighted by Gasteiger charge is 2.42. The molecule has 2 aliphatic heterocycles. The maximum atomic E-state index is 12.3. The fourth-order valence-electron chi connectivity index (χ4n) is 3.38. The molecule has 3 rings (SSSR count). The normalized spacial score (nSPS) is 24.4. The zero-order valence-electron chi connectivity index (χ0n) is 13.0. The Morgan fingerprint density at radius 2 is 2.36 bits per heavy atom. The van der Waals surface area contributed by atoms with Gasteiger partial charge in [-0.2, -0.15) is 0 Å². The van der Waals surface area contributed by atoms with E-state index in [-0.39, 0.29) is 17.4 Å². The minimum atomic E-state index is 0.121. The number of thiophene rings is 1. The first-order valence-electron chi connectivity index (χ1n) is 7.82. The fourth-order valence-corrected chi connectivity index (χ4v) is 4.00. The van der Waals surface area contributed by atoms with E-state index in [1.165, 1.54) is 0 Å². The Morgan fingerprint density at radius 3 is 3.05 bits per heavy atom. The Kier molecular flexibility index (Phi) is 4.96. The quantitative estimate of drug-likeness (QED) is 0.801. The first-order chi connectivity index (χ1) is 10.7. The third-order valence-corrected chi connectivity index (χ3v) is 5.55. The minimum Gasteiger partial charge on any atom is -0.382 e. The highest BCUT2D eigenvalue weighted by Crippen LogP contribution is 2.42. The third kappa shape index (κ3) is 3.59. The Hall–Kier alpha value is -1.17. The van der Waals surface area contributed by atoms with Crippen LogP contribution in [0, 0.1) is 5.41 Å². The average Bonchev–Trinajstić information content (AvgIpc) is 3.17. The molecule has 1 atom stereocenters. The summed E-state index contributed by atoms with van der Waals surface area (Å²) in [6.07, 6.45) is 6.96. The molecule has 5 heteroatoms. The van der Waals surface area contributed by atoms with Crippen LogP contribution in [-0.4, -0.2) is 50.3 Å². The van der Waals surface area contributed by atoms with Crippen molar-refractivity contribution in [2.24, 2.45) is 5.41 Å². The number of likely N-dealkylation sites (tertiary alicyclic amines) is 1. The van der Waals surface area contributed by atoms with E-state index in [9.17, 15) is 4.79 Å². The van der Waals surface area contributed by atoms with E-state index in [1.54, 1.807) is 24.5 Å². The van der Waals surface area contributed by atoms with Crippen molar-refractivity contribution in [3.63, 3.8) is 0 Å². The molecule has 0 saturated carbocycles. The minimum absolute atomic E-state index is 0.121. The summed E-state index contributed by atoms with van der Waals surface area (Å²) in [5, 5.41) is 2.02. The number of ether oxygens (including phenoxy) is 2. The molecule has 1 aromatic heterocycles. The molecule has 2 fully saturated rings. The molecule has 2 saturated heterocycles. The predicted octanol–water partition coefficient (Wildman–Crippen LogP) is 2.81. The van der Waals surface area contributed by atoms with Crippen molar-refractivity contribution in [1.82, 2.24) is 4.90 Å². The standard InChI is InChI=1S/C17H23NO3S/c1-20-12-14-11-17(13-21-14)6-8-18(9-7-17)16(19)5-4-15-3-2-10-22-15/h2-5,10,14H,6-9,11-13H2,1H3/b5-4+/t14-/m0/s1. The molecule has 1 aromatic rings. The van der Waals surface area contributed by atoms with Crippen molar-refractivity contribution in [2.75, 3.05) is 33.4 Å². The van der Waals surface area contributed by atoms with Gasteiger partial charge in [-0.1, -0.05) is 6.07 Å². The van der Waals surface area contributed by atoms with Crippen molar-refractivity contribution in [2.45, 2.75) is 25.4 Å². The van der Waals surface area contributed by atoms with Crippen LogP contribution in [0.25, 0.3) is 6.08 Å². The second-order valence-electron chi connectivity index (χ2n) is 6.27. The number of nitrogens with zero attached hydrogens (tertiary/aromatic N) is 1. The Bertz CT molecular complexity index is 518. The summed E-state index contributed by atoms with van der Waals surface area (Å²) in [4.78, 5) is 15.3. The lowest BCUT2D eigenvalue weighted by atomic mass is 9.76. The highest BCUT2D eigenvalue weighted by molar-refractivity contribution is 7.10. The van der Waals surface area contributed by atoms with Gasteiger partial charge in [0.05, 0.1) is 19.3 Å². The lowest BCUT2D eigenvalue weighted by molar-refractivity contribution is -0.128. The monoisotopic (exact) mass is 321 g/mol. The molecule has 0 aliphatic carbocycles. The van der Waals surface area contributed by atoms with Crippen molar-refractivity contribution in [3.8, 4) is 0 Å². The number of amides is 1. The van der Waals surface area contributed by atoms with Crippen molar-refractivity contribution < 1.29 is 14.3 Å². The number of hydrogen-bond acceptors (Lipinski definition) is 4. The van der Waals surface area contributed by atoms with Gasteiger partial charge >= 0.3 is 0 Å². The molecule has 0 unspecified atom stereocenters. The van der Waals surface area contributed by atoms with Gasteiger partial charge in [0.1, 0.15) is 0 Å². The topological polar surface area (TPSA) is 38.8 Å². The van der Waals surface area contributed by atoms with Gasteiger partial charge in [-0.15, -0.1) is 11.3 Å². The van der Waals surface area contributed by atoms with Gasteiger partial charge in [0.2, 0.25) is 5.91 Å². The first kappa shape index (κ1) is 15.7. The molecule has 1 amide bonds. The summed E-state index contributed by atoms with van der Waals surface area (Å²) >= 11 is 1.65. The molecule has 120 valence electrons. The summed E-state index contributed by atoms with van der Waals surface area (Å²) in [6.45, 7) is 3.15. The van der Waals surface area contributed by atoms with Gasteiger partial charge < -0.3 is 14.4 Å². The zero-order valence-corrected chi connectivity index (χ0v) is 13.8. The molecule has 0 N–H and O–H groups in total. The largest absolute Gasteiger partial charge is 0.382 e. The SMILES string of the molecule is COC[C@@H]1CC2(CCN(C(=O)/C=C/c3cccs3)CC2)CO1. The van der Waals surface area contributed by atoms with Crippen LogP contribution in [0.1, 0.15) is 24.1 Å². The fraction of sp³-hybridized carbons (Fsp3) is 0.588. The lowest BCUT2D eigenvalue weighted by Gasteiger charge is -2.38. The Labute approximate surface area is 135 Å². The van der Waals surface area contributed by atoms with Gasteiger partial charge in [0.25, 0.3) is 0 Å². The number of piperidine rings is 1. The van der Waals surface area contributed by atoms with Crippen molar-refractivity contribution in [1.29, 1.82) is 0 Å². The maximum absolute atomic E-state index is 12.3. The second kappa shape index (κ2) is 6.94. The molecule has 1 spiro atoms. The van der Waals surface area contributed by atoms with Crippen LogP contribution >= 0.6 is 11.3 Å². The van der Waals surface area contributed by atoms with Crippen molar-refractivity contribution in [3.05, 3.63) is 28.5 Å². The number of carbonyl (C=O) groups excluding carboxylic acids is 1. The van der Waals surface area contributed by atoms with Crippen LogP contribution in [0.5, 0.6) is 0 Å². The van der Waals surface area contributed by atoms with E-state index in [0.29, 0.717) is 6.61 Å². The van der Waals surface area contributed by atoms with Gasteiger partial charge in [-0.3, -0.25) is 4.79 Å². The summed E-state index contributed by atoms with van der Waals surface area (Å²) in [5.41, 5.74) is 0.261. The first-order valence-corrected chi connectivity index (χ1v) is 8.70. The third-order valence-electron chi connectivity index (χ3n) is 4.71. The van der Waals surface area contributed by atoms with E-state index in [0.717, 1.165) is 43.8 Å². The molecule has 22 heavy (non-hydrogen) atoms. The molecular formula is C17H23NO3S. The van der Waals surface area contributed by atoms with Crippen LogP contribution < -0.4 is 0 Å². The van der Waals surface area contributed by atoms with E-state index in [4.69, 9.17) is 9.47 Å². The van der Waals surface area contributed by atoms with Crippen LogP contribution in [0.4, 0.5) is 0 Å². The molecule has 0 radical (unpaired) electrons. The molecular weight excluding hydrogens is 298 g/mol. The molecule has 3 heterocycles. The van der Waals surface area contributed by atoms with Gasteiger partial charge in [-0.25, -0.2) is 0 Å². The number of rotatable bonds is 4. The molecule has 0 aromatic carbocycles. The van der Waals surface area contributed by atoms with Gasteiger partial charge in [-0.05, 0) is 42.2 Å². The van der Waals surface area contributed by atoms with Crippen LogP contribution in [0.3, 0.4) is 0 Å². The number of methoxy groups -OCH3 is 1. The van der Waals surface area contributed by atoms with E-state index >= 15 is 0 Å². The number of carbonyl (C=O) groups is 1. The summed E-state index contributed by atoms with van der Waals surface area (Å²) in [7, 11) is 1.72. The van der Waals surface area contributed by atoms with E-state index in [1.807, 2.05) is 28.5 Å². The average molecular weight is 321 g/mol. The summed E-state index contributed by atoms with van der Waals surface area (Å²) in [5.74, 6) is 0.121. The molecule has 4 nitrogen and oxygen atoms in total. The van der Waals surface area contributed by atoms with Crippen LogP contribution in [0.15, 0.2) is 23.6 Å². The second-order valence-corrected chi connectivity index (χ2v) is 7.25. The smallest absolute Gasteiger partial charge is 0.246 e. The zero-order chi connectivity index (χ0) is 15.4. The summed E-state index contributed by atoms with van der Waals surface area (Å²) in [6, 6.07) is 4.02. The predicted molar refractivity (Wildman–Crippen MR) is 87.8 cm³/mol. The number of hydrogen-bond donors (Lipinski definition) is 0. The van der Waals surface area contributed by atoms with Crippen molar-refractivity contribution >= 4 is 23.3 Å². The van der Waals surface area contributed by atoms with E-state index < -0.39 is 0 Å². The lowest BCUT2D eigenvalue weighted by Crippen LogP contribution is -2.43. The van der Waals surface area contributed by atoms with Gasteiger partial charge in [0.15, 0.2) is 0 Å². The van der Waals surface area contributed by atoms with Gasteiger partial charge in [0, 0.05) is 31.2 Å². The summed E-state index contributed by atoms with van der Waals surface area (Å²) < 4.78 is 11.0.